The van der Waals surface area contributed by atoms with Crippen LogP contribution in [-0.2, 0) is 4.74 Å². The quantitative estimate of drug-likeness (QED) is 0.679. The Morgan fingerprint density at radius 3 is 2.40 bits per heavy atom. The van der Waals surface area contributed by atoms with E-state index in [2.05, 4.69) is 30.6 Å². The summed E-state index contributed by atoms with van der Waals surface area (Å²) in [7, 11) is 1.21. The standard InChI is InChI=1S/C13H10BrN3O3/c1-20-13(19)9-12(15)17-8(11(14)16-9)10(18)7-5-3-2-4-6-7/h2-6H,1H3,(H2,15,17). The lowest BCUT2D eigenvalue weighted by Crippen LogP contribution is -2.15. The van der Waals surface area contributed by atoms with Crippen LogP contribution >= 0.6 is 15.9 Å². The number of esters is 1. The van der Waals surface area contributed by atoms with Crippen LogP contribution < -0.4 is 5.73 Å². The summed E-state index contributed by atoms with van der Waals surface area (Å²) in [6.07, 6.45) is 0. The number of hydrogen-bond acceptors (Lipinski definition) is 6. The SMILES string of the molecule is COC(=O)c1nc(Br)c(C(=O)c2ccccc2)nc1N. The number of aromatic nitrogens is 2. The summed E-state index contributed by atoms with van der Waals surface area (Å²) in [5.41, 5.74) is 5.99. The van der Waals surface area contributed by atoms with Gasteiger partial charge >= 0.3 is 5.97 Å². The third-order valence-electron chi connectivity index (χ3n) is 2.51. The second-order valence-corrected chi connectivity index (χ2v) is 4.53. The number of carbonyl (C=O) groups is 2. The Balaban J connectivity index is 2.47. The molecule has 0 fully saturated rings. The van der Waals surface area contributed by atoms with Crippen molar-refractivity contribution in [3.05, 3.63) is 51.9 Å². The van der Waals surface area contributed by atoms with Crippen molar-refractivity contribution in [3.63, 3.8) is 0 Å². The fourth-order valence-corrected chi connectivity index (χ4v) is 1.99. The Hall–Kier alpha value is -2.28. The molecule has 20 heavy (non-hydrogen) atoms. The molecular formula is C13H10BrN3O3. The van der Waals surface area contributed by atoms with Gasteiger partial charge in [0.15, 0.2) is 11.5 Å². The summed E-state index contributed by atoms with van der Waals surface area (Å²) in [5.74, 6) is -1.21. The van der Waals surface area contributed by atoms with E-state index in [1.807, 2.05) is 0 Å². The molecule has 0 aliphatic heterocycles. The lowest BCUT2D eigenvalue weighted by molar-refractivity contribution is 0.0594. The Morgan fingerprint density at radius 1 is 1.15 bits per heavy atom. The van der Waals surface area contributed by atoms with Crippen LogP contribution in [0.3, 0.4) is 0 Å². The van der Waals surface area contributed by atoms with E-state index in [0.717, 1.165) is 0 Å². The average molecular weight is 336 g/mol. The van der Waals surface area contributed by atoms with E-state index >= 15 is 0 Å². The number of nitrogen functional groups attached to an aromatic ring is 1. The van der Waals surface area contributed by atoms with Crippen LogP contribution in [0.1, 0.15) is 26.5 Å². The molecule has 0 amide bonds. The van der Waals surface area contributed by atoms with Gasteiger partial charge in [0, 0.05) is 5.56 Å². The lowest BCUT2D eigenvalue weighted by atomic mass is 10.1. The molecule has 102 valence electrons. The van der Waals surface area contributed by atoms with E-state index < -0.39 is 5.97 Å². The van der Waals surface area contributed by atoms with E-state index in [9.17, 15) is 9.59 Å². The third-order valence-corrected chi connectivity index (χ3v) is 3.06. The number of rotatable bonds is 3. The first kappa shape index (κ1) is 14.1. The predicted molar refractivity (Wildman–Crippen MR) is 75.4 cm³/mol. The van der Waals surface area contributed by atoms with Crippen molar-refractivity contribution in [2.75, 3.05) is 12.8 Å². The Morgan fingerprint density at radius 2 is 1.80 bits per heavy atom. The largest absolute Gasteiger partial charge is 0.464 e. The first-order valence-corrected chi connectivity index (χ1v) is 6.35. The fraction of sp³-hybridized carbons (Fsp3) is 0.0769. The number of benzene rings is 1. The van der Waals surface area contributed by atoms with Gasteiger partial charge in [0.1, 0.15) is 10.3 Å². The molecule has 2 aromatic rings. The van der Waals surface area contributed by atoms with Crippen LogP contribution in [-0.4, -0.2) is 28.8 Å². The van der Waals surface area contributed by atoms with Crippen LogP contribution in [0.5, 0.6) is 0 Å². The van der Waals surface area contributed by atoms with Gasteiger partial charge < -0.3 is 10.5 Å². The molecule has 0 aliphatic rings. The molecule has 2 rings (SSSR count). The molecule has 0 atom stereocenters. The highest BCUT2D eigenvalue weighted by atomic mass is 79.9. The average Bonchev–Trinajstić information content (AvgIpc) is 2.48. The minimum atomic E-state index is -0.714. The number of halogens is 1. The number of hydrogen-bond donors (Lipinski definition) is 1. The number of ketones is 1. The van der Waals surface area contributed by atoms with Gasteiger partial charge in [-0.1, -0.05) is 30.3 Å². The van der Waals surface area contributed by atoms with Gasteiger partial charge in [-0.05, 0) is 15.9 Å². The van der Waals surface area contributed by atoms with Crippen LogP contribution in [0, 0.1) is 0 Å². The second-order valence-electron chi connectivity index (χ2n) is 3.78. The maximum Gasteiger partial charge on any atom is 0.360 e. The van der Waals surface area contributed by atoms with E-state index in [4.69, 9.17) is 5.73 Å². The third kappa shape index (κ3) is 2.67. The number of nitrogens with two attached hydrogens (primary N) is 1. The summed E-state index contributed by atoms with van der Waals surface area (Å²) in [4.78, 5) is 31.6. The first-order chi connectivity index (χ1) is 9.54. The molecule has 1 aromatic heterocycles. The van der Waals surface area contributed by atoms with Crippen molar-refractivity contribution in [1.82, 2.24) is 9.97 Å². The fourth-order valence-electron chi connectivity index (χ4n) is 1.55. The molecule has 6 nitrogen and oxygen atoms in total. The van der Waals surface area contributed by atoms with Gasteiger partial charge in [0.25, 0.3) is 0 Å². The second kappa shape index (κ2) is 5.79. The normalized spacial score (nSPS) is 10.1. The van der Waals surface area contributed by atoms with Crippen LogP contribution in [0.25, 0.3) is 0 Å². The molecule has 0 spiro atoms. The minimum absolute atomic E-state index is 0.0429. The molecule has 1 aromatic carbocycles. The summed E-state index contributed by atoms with van der Waals surface area (Å²) in [5, 5.41) is 0. The smallest absolute Gasteiger partial charge is 0.360 e. The first-order valence-electron chi connectivity index (χ1n) is 5.55. The van der Waals surface area contributed by atoms with Gasteiger partial charge in [-0.3, -0.25) is 4.79 Å². The monoisotopic (exact) mass is 335 g/mol. The molecule has 0 unspecified atom stereocenters. The zero-order valence-corrected chi connectivity index (χ0v) is 12.0. The highest BCUT2D eigenvalue weighted by Gasteiger charge is 2.21. The Labute approximate surface area is 123 Å². The van der Waals surface area contributed by atoms with E-state index in [1.54, 1.807) is 30.3 Å². The van der Waals surface area contributed by atoms with E-state index in [1.165, 1.54) is 7.11 Å². The molecule has 0 aliphatic carbocycles. The molecular weight excluding hydrogens is 326 g/mol. The molecule has 0 saturated carbocycles. The van der Waals surface area contributed by atoms with Crippen molar-refractivity contribution in [2.45, 2.75) is 0 Å². The topological polar surface area (TPSA) is 95.2 Å². The molecule has 0 saturated heterocycles. The Kier molecular flexibility index (Phi) is 4.09. The summed E-state index contributed by atoms with van der Waals surface area (Å²) in [6.45, 7) is 0. The Bertz CT molecular complexity index is 674. The lowest BCUT2D eigenvalue weighted by Gasteiger charge is -2.07. The minimum Gasteiger partial charge on any atom is -0.464 e. The number of anilines is 1. The van der Waals surface area contributed by atoms with Crippen LogP contribution in [0.4, 0.5) is 5.82 Å². The van der Waals surface area contributed by atoms with Gasteiger partial charge in [0.05, 0.1) is 7.11 Å². The van der Waals surface area contributed by atoms with E-state index in [-0.39, 0.29) is 27.6 Å². The predicted octanol–water partition coefficient (Wildman–Crippen LogP) is 1.84. The molecule has 0 radical (unpaired) electrons. The highest BCUT2D eigenvalue weighted by molar-refractivity contribution is 9.10. The number of methoxy groups -OCH3 is 1. The van der Waals surface area contributed by atoms with Crippen molar-refractivity contribution in [3.8, 4) is 0 Å². The van der Waals surface area contributed by atoms with Crippen molar-refractivity contribution >= 4 is 33.5 Å². The van der Waals surface area contributed by atoms with Gasteiger partial charge in [-0.25, -0.2) is 14.8 Å². The highest BCUT2D eigenvalue weighted by Crippen LogP contribution is 2.20. The maximum absolute atomic E-state index is 12.3. The number of ether oxygens (including phenoxy) is 1. The zero-order chi connectivity index (χ0) is 14.7. The van der Waals surface area contributed by atoms with Crippen molar-refractivity contribution < 1.29 is 14.3 Å². The summed E-state index contributed by atoms with van der Waals surface area (Å²) >= 11 is 3.12. The van der Waals surface area contributed by atoms with Crippen molar-refractivity contribution in [1.29, 1.82) is 0 Å². The van der Waals surface area contributed by atoms with E-state index in [0.29, 0.717) is 5.56 Å². The molecule has 7 heteroatoms. The summed E-state index contributed by atoms with van der Waals surface area (Å²) in [6, 6.07) is 8.58. The van der Waals surface area contributed by atoms with Crippen molar-refractivity contribution in [2.24, 2.45) is 0 Å². The molecule has 1 heterocycles. The van der Waals surface area contributed by atoms with Gasteiger partial charge in [-0.2, -0.15) is 0 Å². The molecule has 0 bridgehead atoms. The summed E-state index contributed by atoms with van der Waals surface area (Å²) < 4.78 is 4.67. The van der Waals surface area contributed by atoms with Crippen LogP contribution in [0.15, 0.2) is 34.9 Å². The van der Waals surface area contributed by atoms with Gasteiger partial charge in [0.2, 0.25) is 5.78 Å². The van der Waals surface area contributed by atoms with Gasteiger partial charge in [-0.15, -0.1) is 0 Å². The number of nitrogens with zero attached hydrogens (tertiary/aromatic N) is 2. The zero-order valence-electron chi connectivity index (χ0n) is 10.5. The van der Waals surface area contributed by atoms with Crippen LogP contribution in [0.2, 0.25) is 0 Å². The maximum atomic E-state index is 12.3. The number of carbonyl (C=O) groups excluding carboxylic acids is 2. The molecule has 2 N–H and O–H groups in total.